The number of nitrogen functional groups attached to an aromatic ring is 1. The normalized spacial score (nSPS) is 11.5. The molecule has 7 rings (SSSR count). The molecule has 0 aliphatic rings. The summed E-state index contributed by atoms with van der Waals surface area (Å²) in [6.07, 6.45) is 8.25. The average Bonchev–Trinajstić information content (AvgIpc) is 3.96. The van der Waals surface area contributed by atoms with Gasteiger partial charge < -0.3 is 26.5 Å². The minimum atomic E-state index is -0.690. The van der Waals surface area contributed by atoms with Crippen molar-refractivity contribution in [2.75, 3.05) is 16.4 Å². The number of aryl methyl sites for hydroxylation is 4. The van der Waals surface area contributed by atoms with Crippen molar-refractivity contribution < 1.29 is 23.9 Å². The summed E-state index contributed by atoms with van der Waals surface area (Å²) in [5.74, 6) is -1.80. The number of nitrogens with one attached hydrogen (secondary N) is 2. The highest BCUT2D eigenvalue weighted by molar-refractivity contribution is 6.07. The van der Waals surface area contributed by atoms with Gasteiger partial charge in [0.15, 0.2) is 5.65 Å². The highest BCUT2D eigenvalue weighted by Crippen LogP contribution is 2.32. The Hall–Kier alpha value is -7.90. The molecule has 0 unspecified atom stereocenters. The van der Waals surface area contributed by atoms with Crippen molar-refractivity contribution in [2.24, 2.45) is 11.5 Å². The standard InChI is InChI=1S/C39H41N15O5/c1-5-53-28(14-21(3)49-53)36(57)47-38-45-26-15-24(33(41)55)17-29(59-20-23-10-9-11-43-18-23)31(26)51(38)12-7-8-13-52-35-27(16-25(19-44-35)34(42)56)46-39(52)48-37(58)32-30(40)22(4)50-54(32)6-2/h7-11,14-19H,5-6,12-13,20,40H2,1-4H3,(H2,41,55)(H2,42,56)(H,45,47,57)(H,46,48,58)/b8-7+. The first-order valence-electron chi connectivity index (χ1n) is 18.5. The molecule has 0 atom stereocenters. The maximum atomic E-state index is 13.7. The summed E-state index contributed by atoms with van der Waals surface area (Å²) in [5.41, 5.74) is 21.9. The number of aromatic nitrogens is 10. The number of carbonyl (C=O) groups is 4. The molecule has 1 aromatic carbocycles. The van der Waals surface area contributed by atoms with Gasteiger partial charge in [-0.2, -0.15) is 10.2 Å². The molecule has 0 aliphatic heterocycles. The third kappa shape index (κ3) is 7.90. The first-order chi connectivity index (χ1) is 28.4. The van der Waals surface area contributed by atoms with Crippen molar-refractivity contribution in [3.63, 3.8) is 0 Å². The Morgan fingerprint density at radius 1 is 0.814 bits per heavy atom. The number of allylic oxidation sites excluding steroid dienone is 2. The van der Waals surface area contributed by atoms with E-state index >= 15 is 0 Å². The quantitative estimate of drug-likeness (QED) is 0.0934. The van der Waals surface area contributed by atoms with E-state index in [0.29, 0.717) is 52.4 Å². The fraction of sp³-hybridized carbons (Fsp3) is 0.231. The molecule has 20 nitrogen and oxygen atoms in total. The number of anilines is 3. The van der Waals surface area contributed by atoms with Crippen molar-refractivity contribution in [2.45, 2.75) is 60.5 Å². The average molecular weight is 800 g/mol. The number of hydrogen-bond donors (Lipinski definition) is 5. The second-order valence-electron chi connectivity index (χ2n) is 13.4. The molecular formula is C39H41N15O5. The van der Waals surface area contributed by atoms with E-state index in [1.54, 1.807) is 58.3 Å². The van der Waals surface area contributed by atoms with Gasteiger partial charge in [-0.15, -0.1) is 0 Å². The number of fused-ring (bicyclic) bond motifs is 2. The fourth-order valence-corrected chi connectivity index (χ4v) is 6.53. The van der Waals surface area contributed by atoms with Crippen LogP contribution >= 0.6 is 0 Å². The van der Waals surface area contributed by atoms with Gasteiger partial charge in [-0.3, -0.25) is 48.7 Å². The second-order valence-corrected chi connectivity index (χ2v) is 13.4. The summed E-state index contributed by atoms with van der Waals surface area (Å²) in [5, 5.41) is 14.5. The predicted molar refractivity (Wildman–Crippen MR) is 218 cm³/mol. The van der Waals surface area contributed by atoms with E-state index in [4.69, 9.17) is 26.9 Å². The molecule has 0 radical (unpaired) electrons. The van der Waals surface area contributed by atoms with Crippen LogP contribution in [0.5, 0.6) is 5.75 Å². The summed E-state index contributed by atoms with van der Waals surface area (Å²) in [4.78, 5) is 69.7. The van der Waals surface area contributed by atoms with Gasteiger partial charge in [0.05, 0.1) is 28.2 Å². The van der Waals surface area contributed by atoms with E-state index in [0.717, 1.165) is 5.56 Å². The molecule has 6 aromatic heterocycles. The number of primary amides is 2. The molecule has 59 heavy (non-hydrogen) atoms. The number of hydrogen-bond acceptors (Lipinski definition) is 12. The molecule has 8 N–H and O–H groups in total. The lowest BCUT2D eigenvalue weighted by molar-refractivity contribution is 0.0991. The summed E-state index contributed by atoms with van der Waals surface area (Å²) >= 11 is 0. The van der Waals surface area contributed by atoms with Crippen LogP contribution in [0.15, 0.2) is 67.1 Å². The van der Waals surface area contributed by atoms with E-state index in [1.807, 2.05) is 26.0 Å². The summed E-state index contributed by atoms with van der Waals surface area (Å²) in [7, 11) is 0. The number of carbonyl (C=O) groups excluding carboxylic acids is 4. The highest BCUT2D eigenvalue weighted by Gasteiger charge is 2.24. The maximum Gasteiger partial charge on any atom is 0.278 e. The van der Waals surface area contributed by atoms with Gasteiger partial charge in [-0.05, 0) is 58.0 Å². The molecule has 302 valence electrons. The van der Waals surface area contributed by atoms with Crippen LogP contribution in [0.25, 0.3) is 22.2 Å². The molecule has 7 aromatic rings. The van der Waals surface area contributed by atoms with Crippen LogP contribution in [0, 0.1) is 13.8 Å². The van der Waals surface area contributed by atoms with Crippen LogP contribution in [0.1, 0.15) is 72.5 Å². The van der Waals surface area contributed by atoms with Crippen molar-refractivity contribution in [1.29, 1.82) is 0 Å². The van der Waals surface area contributed by atoms with Gasteiger partial charge >= 0.3 is 0 Å². The van der Waals surface area contributed by atoms with E-state index < -0.39 is 23.6 Å². The Balaban J connectivity index is 1.27. The molecule has 0 aliphatic carbocycles. The Morgan fingerprint density at radius 2 is 1.49 bits per heavy atom. The van der Waals surface area contributed by atoms with Crippen LogP contribution in [0.3, 0.4) is 0 Å². The molecule has 0 spiro atoms. The minimum absolute atomic E-state index is 0.111. The second kappa shape index (κ2) is 16.3. The molecule has 0 fully saturated rings. The van der Waals surface area contributed by atoms with Crippen LogP contribution in [-0.2, 0) is 32.8 Å². The van der Waals surface area contributed by atoms with Crippen LogP contribution < -0.4 is 32.6 Å². The van der Waals surface area contributed by atoms with Crippen LogP contribution in [-0.4, -0.2) is 72.3 Å². The molecule has 4 amide bonds. The van der Waals surface area contributed by atoms with E-state index in [2.05, 4.69) is 35.8 Å². The van der Waals surface area contributed by atoms with Crippen LogP contribution in [0.2, 0.25) is 0 Å². The van der Waals surface area contributed by atoms with Gasteiger partial charge in [0.25, 0.3) is 11.8 Å². The van der Waals surface area contributed by atoms with Gasteiger partial charge in [-0.25, -0.2) is 15.0 Å². The summed E-state index contributed by atoms with van der Waals surface area (Å²) in [6.45, 7) is 8.47. The zero-order valence-corrected chi connectivity index (χ0v) is 32.6. The van der Waals surface area contributed by atoms with Gasteiger partial charge in [0.2, 0.25) is 23.7 Å². The van der Waals surface area contributed by atoms with Crippen molar-refractivity contribution >= 4 is 63.4 Å². The Kier molecular flexibility index (Phi) is 10.9. The summed E-state index contributed by atoms with van der Waals surface area (Å²) < 4.78 is 12.7. The van der Waals surface area contributed by atoms with Crippen molar-refractivity contribution in [3.05, 3.63) is 107 Å². The lowest BCUT2D eigenvalue weighted by atomic mass is 10.1. The summed E-state index contributed by atoms with van der Waals surface area (Å²) in [6, 6.07) is 9.85. The van der Waals surface area contributed by atoms with Gasteiger partial charge in [0.1, 0.15) is 34.8 Å². The number of benzene rings is 1. The maximum absolute atomic E-state index is 13.7. The van der Waals surface area contributed by atoms with Gasteiger partial charge in [0, 0.05) is 55.9 Å². The largest absolute Gasteiger partial charge is 0.487 e. The Labute approximate surface area is 336 Å². The zero-order chi connectivity index (χ0) is 42.0. The monoisotopic (exact) mass is 799 g/mol. The number of amides is 4. The molecular weight excluding hydrogens is 759 g/mol. The minimum Gasteiger partial charge on any atom is -0.487 e. The predicted octanol–water partition coefficient (Wildman–Crippen LogP) is 3.35. The van der Waals surface area contributed by atoms with E-state index in [-0.39, 0.29) is 59.9 Å². The number of nitrogens with zero attached hydrogens (tertiary/aromatic N) is 10. The number of imidazole rings is 2. The SMILES string of the molecule is CCn1nc(C)cc1C(=O)Nc1nc2cc(C(N)=O)cc(OCc3cccnc3)c2n1C/C=C/Cn1c(NC(=O)c2c(N)c(C)nn2CC)nc2cc(C(N)=O)cnc21. The Morgan fingerprint density at radius 3 is 2.19 bits per heavy atom. The Bertz CT molecular complexity index is 2800. The van der Waals surface area contributed by atoms with Crippen LogP contribution in [0.4, 0.5) is 17.6 Å². The first kappa shape index (κ1) is 39.3. The smallest absolute Gasteiger partial charge is 0.278 e. The van der Waals surface area contributed by atoms with E-state index in [9.17, 15) is 19.2 Å². The van der Waals surface area contributed by atoms with Gasteiger partial charge in [-0.1, -0.05) is 18.2 Å². The number of pyridine rings is 2. The topological polar surface area (TPSA) is 277 Å². The zero-order valence-electron chi connectivity index (χ0n) is 32.6. The molecule has 0 saturated carbocycles. The lowest BCUT2D eigenvalue weighted by Crippen LogP contribution is -2.21. The molecule has 6 heterocycles. The van der Waals surface area contributed by atoms with Crippen molar-refractivity contribution in [1.82, 2.24) is 48.6 Å². The lowest BCUT2D eigenvalue weighted by Gasteiger charge is -2.13. The third-order valence-corrected chi connectivity index (χ3v) is 9.39. The molecule has 0 saturated heterocycles. The number of rotatable bonds is 15. The highest BCUT2D eigenvalue weighted by atomic mass is 16.5. The molecule has 0 bridgehead atoms. The fourth-order valence-electron chi connectivity index (χ4n) is 6.53. The van der Waals surface area contributed by atoms with E-state index in [1.165, 1.54) is 29.1 Å². The third-order valence-electron chi connectivity index (χ3n) is 9.39. The number of ether oxygens (including phenoxy) is 1. The first-order valence-corrected chi connectivity index (χ1v) is 18.5. The van der Waals surface area contributed by atoms with Crippen molar-refractivity contribution in [3.8, 4) is 5.75 Å². The molecule has 20 heteroatoms. The number of nitrogens with two attached hydrogens (primary N) is 3.